The fourth-order valence-corrected chi connectivity index (χ4v) is 3.06. The number of hydrogen-bond donors (Lipinski definition) is 2. The lowest BCUT2D eigenvalue weighted by molar-refractivity contribution is 0.0927. The van der Waals surface area contributed by atoms with Gasteiger partial charge in [-0.2, -0.15) is 5.10 Å². The molecule has 0 fully saturated rings. The van der Waals surface area contributed by atoms with Crippen LogP contribution in [0.25, 0.3) is 5.69 Å². The largest absolute Gasteiger partial charge is 0.350 e. The maximum atomic E-state index is 12.5. The topological polar surface area (TPSA) is 76.0 Å². The van der Waals surface area contributed by atoms with Crippen LogP contribution in [-0.4, -0.2) is 34.7 Å². The van der Waals surface area contributed by atoms with Gasteiger partial charge in [0, 0.05) is 23.7 Å². The Balaban J connectivity index is 1.60. The monoisotopic (exact) mass is 396 g/mol. The van der Waals surface area contributed by atoms with Crippen molar-refractivity contribution in [3.8, 4) is 5.69 Å². The van der Waals surface area contributed by atoms with Crippen molar-refractivity contribution in [1.29, 1.82) is 0 Å². The lowest BCUT2D eigenvalue weighted by Crippen LogP contribution is -2.34. The van der Waals surface area contributed by atoms with Crippen molar-refractivity contribution < 1.29 is 9.59 Å². The molecule has 2 aromatic carbocycles. The number of hydrogen-bond acceptors (Lipinski definition) is 3. The minimum absolute atomic E-state index is 0.169. The highest BCUT2D eigenvalue weighted by Crippen LogP contribution is 2.19. The van der Waals surface area contributed by atoms with E-state index in [1.807, 2.05) is 25.1 Å². The number of halogens is 1. The minimum atomic E-state index is -0.223. The highest BCUT2D eigenvalue weighted by molar-refractivity contribution is 6.30. The number of rotatable bonds is 7. The van der Waals surface area contributed by atoms with E-state index in [1.165, 1.54) is 0 Å². The molecule has 2 N–H and O–H groups in total. The van der Waals surface area contributed by atoms with Gasteiger partial charge in [0.15, 0.2) is 0 Å². The Labute approximate surface area is 168 Å². The van der Waals surface area contributed by atoms with Gasteiger partial charge in [-0.15, -0.1) is 0 Å². The van der Waals surface area contributed by atoms with Gasteiger partial charge in [0.2, 0.25) is 0 Å². The summed E-state index contributed by atoms with van der Waals surface area (Å²) in [6.45, 7) is 2.63. The van der Waals surface area contributed by atoms with Gasteiger partial charge in [-0.3, -0.25) is 9.59 Å². The predicted molar refractivity (Wildman–Crippen MR) is 109 cm³/mol. The quantitative estimate of drug-likeness (QED) is 0.602. The van der Waals surface area contributed by atoms with Crippen molar-refractivity contribution >= 4 is 23.4 Å². The first-order chi connectivity index (χ1) is 13.6. The molecule has 28 heavy (non-hydrogen) atoms. The molecule has 0 unspecified atom stereocenters. The zero-order valence-corrected chi connectivity index (χ0v) is 16.2. The molecule has 0 saturated heterocycles. The Morgan fingerprint density at radius 3 is 2.39 bits per heavy atom. The highest BCUT2D eigenvalue weighted by Gasteiger charge is 2.17. The van der Waals surface area contributed by atoms with E-state index in [0.717, 1.165) is 11.4 Å². The first kappa shape index (κ1) is 19.6. The summed E-state index contributed by atoms with van der Waals surface area (Å²) in [6, 6.07) is 16.3. The van der Waals surface area contributed by atoms with Gasteiger partial charge in [0.1, 0.15) is 0 Å². The van der Waals surface area contributed by atoms with Crippen molar-refractivity contribution in [3.63, 3.8) is 0 Å². The number of benzene rings is 2. The van der Waals surface area contributed by atoms with Gasteiger partial charge in [-0.1, -0.05) is 42.8 Å². The second-order valence-electron chi connectivity index (χ2n) is 6.13. The Morgan fingerprint density at radius 2 is 1.71 bits per heavy atom. The van der Waals surface area contributed by atoms with Gasteiger partial charge < -0.3 is 10.6 Å². The zero-order chi connectivity index (χ0) is 19.9. The van der Waals surface area contributed by atoms with Gasteiger partial charge in [0.05, 0.1) is 23.1 Å². The number of nitrogens with zero attached hydrogens (tertiary/aromatic N) is 2. The molecule has 144 valence electrons. The molecule has 6 nitrogen and oxygen atoms in total. The van der Waals surface area contributed by atoms with Crippen LogP contribution in [0.3, 0.4) is 0 Å². The maximum Gasteiger partial charge on any atom is 0.254 e. The molecule has 3 aromatic rings. The number of carbonyl (C=O) groups is 2. The average Bonchev–Trinajstić information content (AvgIpc) is 3.15. The molecule has 2 amide bonds. The lowest BCUT2D eigenvalue weighted by atomic mass is 10.2. The zero-order valence-electron chi connectivity index (χ0n) is 15.5. The summed E-state index contributed by atoms with van der Waals surface area (Å²) in [5, 5.41) is 10.6. The second kappa shape index (κ2) is 9.19. The Morgan fingerprint density at radius 1 is 1.00 bits per heavy atom. The van der Waals surface area contributed by atoms with Crippen LogP contribution in [0.15, 0.2) is 60.8 Å². The van der Waals surface area contributed by atoms with Gasteiger partial charge in [0.25, 0.3) is 11.8 Å². The van der Waals surface area contributed by atoms with Crippen molar-refractivity contribution in [1.82, 2.24) is 20.4 Å². The van der Waals surface area contributed by atoms with E-state index in [4.69, 9.17) is 11.6 Å². The summed E-state index contributed by atoms with van der Waals surface area (Å²) in [5.74, 6) is -0.392. The Hall–Kier alpha value is -3.12. The molecular formula is C21H21ClN4O2. The molecule has 0 radical (unpaired) electrons. The van der Waals surface area contributed by atoms with E-state index in [1.54, 1.807) is 47.3 Å². The Bertz CT molecular complexity index is 970. The first-order valence-electron chi connectivity index (χ1n) is 9.04. The summed E-state index contributed by atoms with van der Waals surface area (Å²) in [5.41, 5.74) is 2.70. The third-order valence-corrected chi connectivity index (χ3v) is 4.47. The van der Waals surface area contributed by atoms with E-state index < -0.39 is 0 Å². The molecule has 0 spiro atoms. The number of carbonyl (C=O) groups excluding carboxylic acids is 2. The van der Waals surface area contributed by atoms with Gasteiger partial charge in [-0.05, 0) is 36.8 Å². The number of aromatic nitrogens is 2. The third kappa shape index (κ3) is 4.58. The standard InChI is InChI=1S/C21H21ClN4O2/c1-2-19-18(14-25-26(19)17-10-6-9-16(22)13-17)21(28)24-12-11-23-20(27)15-7-4-3-5-8-15/h3-10,13-14H,2,11-12H2,1H3,(H,23,27)(H,24,28). The molecule has 0 aliphatic carbocycles. The van der Waals surface area contributed by atoms with E-state index in [-0.39, 0.29) is 11.8 Å². The first-order valence-corrected chi connectivity index (χ1v) is 9.42. The fraction of sp³-hybridized carbons (Fsp3) is 0.190. The van der Waals surface area contributed by atoms with Crippen LogP contribution in [0.2, 0.25) is 5.02 Å². The average molecular weight is 397 g/mol. The normalized spacial score (nSPS) is 10.5. The minimum Gasteiger partial charge on any atom is -0.350 e. The number of amides is 2. The smallest absolute Gasteiger partial charge is 0.254 e. The summed E-state index contributed by atoms with van der Waals surface area (Å²) in [4.78, 5) is 24.5. The van der Waals surface area contributed by atoms with Crippen LogP contribution in [0.1, 0.15) is 33.3 Å². The van der Waals surface area contributed by atoms with E-state index in [2.05, 4.69) is 15.7 Å². The van der Waals surface area contributed by atoms with E-state index >= 15 is 0 Å². The summed E-state index contributed by atoms with van der Waals surface area (Å²) in [7, 11) is 0. The van der Waals surface area contributed by atoms with Gasteiger partial charge >= 0.3 is 0 Å². The molecule has 0 aliphatic rings. The maximum absolute atomic E-state index is 12.5. The fourth-order valence-electron chi connectivity index (χ4n) is 2.87. The van der Waals surface area contributed by atoms with E-state index in [9.17, 15) is 9.59 Å². The molecular weight excluding hydrogens is 376 g/mol. The molecule has 3 rings (SSSR count). The van der Waals surface area contributed by atoms with Crippen molar-refractivity contribution in [2.45, 2.75) is 13.3 Å². The summed E-state index contributed by atoms with van der Waals surface area (Å²) < 4.78 is 1.72. The molecule has 0 bridgehead atoms. The third-order valence-electron chi connectivity index (χ3n) is 4.23. The van der Waals surface area contributed by atoms with Crippen molar-refractivity contribution in [2.24, 2.45) is 0 Å². The summed E-state index contributed by atoms with van der Waals surface area (Å²) in [6.07, 6.45) is 2.19. The van der Waals surface area contributed by atoms with Crippen LogP contribution in [0, 0.1) is 0 Å². The second-order valence-corrected chi connectivity index (χ2v) is 6.56. The van der Waals surface area contributed by atoms with E-state index in [0.29, 0.717) is 35.7 Å². The molecule has 0 aliphatic heterocycles. The SMILES string of the molecule is CCc1c(C(=O)NCCNC(=O)c2ccccc2)cnn1-c1cccc(Cl)c1. The van der Waals surface area contributed by atoms with Crippen LogP contribution in [0.4, 0.5) is 0 Å². The van der Waals surface area contributed by atoms with Crippen LogP contribution in [-0.2, 0) is 6.42 Å². The molecule has 7 heteroatoms. The predicted octanol–water partition coefficient (Wildman–Crippen LogP) is 3.25. The van der Waals surface area contributed by atoms with Crippen molar-refractivity contribution in [2.75, 3.05) is 13.1 Å². The van der Waals surface area contributed by atoms with Crippen LogP contribution in [0.5, 0.6) is 0 Å². The Kier molecular flexibility index (Phi) is 6.45. The molecule has 0 atom stereocenters. The molecule has 1 aromatic heterocycles. The van der Waals surface area contributed by atoms with Crippen LogP contribution >= 0.6 is 11.6 Å². The molecule has 0 saturated carbocycles. The molecule has 1 heterocycles. The van der Waals surface area contributed by atoms with Crippen molar-refractivity contribution in [3.05, 3.63) is 82.6 Å². The number of nitrogens with one attached hydrogen (secondary N) is 2. The highest BCUT2D eigenvalue weighted by atomic mass is 35.5. The van der Waals surface area contributed by atoms with Crippen LogP contribution < -0.4 is 10.6 Å². The lowest BCUT2D eigenvalue weighted by Gasteiger charge is -2.09. The van der Waals surface area contributed by atoms with Gasteiger partial charge in [-0.25, -0.2) is 4.68 Å². The summed E-state index contributed by atoms with van der Waals surface area (Å²) >= 11 is 6.06.